The first-order valence-corrected chi connectivity index (χ1v) is 13.6. The molecule has 0 aromatic heterocycles. The Morgan fingerprint density at radius 1 is 1.00 bits per heavy atom. The Kier molecular flexibility index (Phi) is 5.29. The van der Waals surface area contributed by atoms with Gasteiger partial charge in [-0.1, -0.05) is 59.1 Å². The zero-order valence-corrected chi connectivity index (χ0v) is 21.5. The Balaban J connectivity index is 1.60. The molecule has 5 aliphatic rings. The van der Waals surface area contributed by atoms with Crippen LogP contribution >= 0.6 is 0 Å². The summed E-state index contributed by atoms with van der Waals surface area (Å²) in [6, 6.07) is 0. The fourth-order valence-electron chi connectivity index (χ4n) is 10.8. The molecular weight excluding hydrogens is 412 g/mol. The molecule has 0 aromatic rings. The zero-order chi connectivity index (χ0) is 24.0. The molecule has 0 amide bonds. The molecule has 3 N–H and O–H groups in total. The number of hydrogen-bond acceptors (Lipinski definition) is 3. The summed E-state index contributed by atoms with van der Waals surface area (Å²) in [6.07, 6.45) is 11.8. The summed E-state index contributed by atoms with van der Waals surface area (Å²) in [7, 11) is 0. The van der Waals surface area contributed by atoms with Gasteiger partial charge in [0.15, 0.2) is 0 Å². The molecule has 8 unspecified atom stereocenters. The van der Waals surface area contributed by atoms with E-state index in [2.05, 4.69) is 40.7 Å². The van der Waals surface area contributed by atoms with E-state index in [1.165, 1.54) is 5.57 Å². The Morgan fingerprint density at radius 2 is 1.73 bits per heavy atom. The topological polar surface area (TPSA) is 77.8 Å². The number of carbonyl (C=O) groups is 1. The number of rotatable bonds is 2. The summed E-state index contributed by atoms with van der Waals surface area (Å²) in [5.74, 6) is 0.861. The smallest absolute Gasteiger partial charge is 0.310 e. The van der Waals surface area contributed by atoms with Crippen LogP contribution in [0.5, 0.6) is 0 Å². The third-order valence-electron chi connectivity index (χ3n) is 12.9. The summed E-state index contributed by atoms with van der Waals surface area (Å²) >= 11 is 0. The van der Waals surface area contributed by atoms with Crippen LogP contribution in [-0.4, -0.2) is 34.0 Å². The van der Waals surface area contributed by atoms with Crippen molar-refractivity contribution in [3.8, 4) is 0 Å². The van der Waals surface area contributed by atoms with Gasteiger partial charge in [-0.15, -0.1) is 0 Å². The quantitative estimate of drug-likeness (QED) is 0.456. The van der Waals surface area contributed by atoms with Crippen LogP contribution in [0.4, 0.5) is 0 Å². The van der Waals surface area contributed by atoms with Crippen LogP contribution in [0.25, 0.3) is 0 Å². The van der Waals surface area contributed by atoms with E-state index in [9.17, 15) is 20.1 Å². The minimum Gasteiger partial charge on any atom is -0.481 e. The van der Waals surface area contributed by atoms with Crippen molar-refractivity contribution in [3.63, 3.8) is 0 Å². The van der Waals surface area contributed by atoms with E-state index in [1.54, 1.807) is 0 Å². The first-order valence-electron chi connectivity index (χ1n) is 13.6. The van der Waals surface area contributed by atoms with Crippen LogP contribution < -0.4 is 0 Å². The molecule has 4 fully saturated rings. The van der Waals surface area contributed by atoms with E-state index in [-0.39, 0.29) is 28.8 Å². The van der Waals surface area contributed by atoms with Crippen LogP contribution in [0.2, 0.25) is 0 Å². The largest absolute Gasteiger partial charge is 0.481 e. The standard InChI is InChI=1S/C29H46O4/c1-18-7-6-12-29(24(32)33)16-15-27(4)19(23(18)29)8-9-21-25(2)13-11-22(31)26(3,17-30)20(25)10-14-28(21,27)5/h8,18,20-23,30-31H,6-7,9-17H2,1-5H3,(H,32,33)/t18?,20?,21?,22?,23?,25?,26-,27-,28?,29?/m1/s1. The summed E-state index contributed by atoms with van der Waals surface area (Å²) in [5, 5.41) is 31.7. The van der Waals surface area contributed by atoms with Gasteiger partial charge in [0.1, 0.15) is 0 Å². The van der Waals surface area contributed by atoms with Gasteiger partial charge in [0.25, 0.3) is 0 Å². The lowest BCUT2D eigenvalue weighted by Gasteiger charge is -2.71. The maximum absolute atomic E-state index is 12.7. The highest BCUT2D eigenvalue weighted by molar-refractivity contribution is 5.76. The van der Waals surface area contributed by atoms with Gasteiger partial charge in [-0.2, -0.15) is 0 Å². The van der Waals surface area contributed by atoms with Crippen molar-refractivity contribution < 1.29 is 20.1 Å². The van der Waals surface area contributed by atoms with Crippen molar-refractivity contribution in [1.29, 1.82) is 0 Å². The van der Waals surface area contributed by atoms with Gasteiger partial charge in [0, 0.05) is 5.41 Å². The first-order chi connectivity index (χ1) is 15.4. The SMILES string of the molecule is CC1CCCC2(C(=O)O)CC[C@]3(C)C(=CCC4C5(C)CCC(O)[C@](C)(CO)C5CCC43C)C12. The predicted molar refractivity (Wildman–Crippen MR) is 129 cm³/mol. The molecule has 33 heavy (non-hydrogen) atoms. The first kappa shape index (κ1) is 23.9. The van der Waals surface area contributed by atoms with E-state index in [0.29, 0.717) is 17.8 Å². The highest BCUT2D eigenvalue weighted by atomic mass is 16.4. The van der Waals surface area contributed by atoms with Gasteiger partial charge < -0.3 is 15.3 Å². The zero-order valence-electron chi connectivity index (χ0n) is 21.5. The maximum atomic E-state index is 12.7. The van der Waals surface area contributed by atoms with Crippen molar-refractivity contribution >= 4 is 5.97 Å². The molecular formula is C29H46O4. The van der Waals surface area contributed by atoms with E-state index in [4.69, 9.17) is 0 Å². The molecule has 10 atom stereocenters. The van der Waals surface area contributed by atoms with Crippen molar-refractivity contribution in [2.45, 2.75) is 105 Å². The molecule has 0 heterocycles. The van der Waals surface area contributed by atoms with Crippen LogP contribution in [-0.2, 0) is 4.79 Å². The molecule has 0 saturated heterocycles. The van der Waals surface area contributed by atoms with E-state index in [0.717, 1.165) is 64.2 Å². The van der Waals surface area contributed by atoms with Crippen LogP contribution in [0.1, 0.15) is 98.8 Å². The van der Waals surface area contributed by atoms with Crippen molar-refractivity contribution in [1.82, 2.24) is 0 Å². The number of carboxylic acid groups (broad SMARTS) is 1. The van der Waals surface area contributed by atoms with E-state index in [1.807, 2.05) is 0 Å². The Labute approximate surface area is 200 Å². The molecule has 0 radical (unpaired) electrons. The Hall–Kier alpha value is -0.870. The summed E-state index contributed by atoms with van der Waals surface area (Å²) in [5.41, 5.74) is 0.728. The van der Waals surface area contributed by atoms with E-state index < -0.39 is 22.9 Å². The molecule has 4 saturated carbocycles. The molecule has 0 aliphatic heterocycles. The van der Waals surface area contributed by atoms with Crippen molar-refractivity contribution in [2.75, 3.05) is 6.61 Å². The molecule has 5 rings (SSSR count). The second-order valence-electron chi connectivity index (χ2n) is 13.8. The van der Waals surface area contributed by atoms with Crippen LogP contribution in [0, 0.1) is 50.7 Å². The molecule has 0 bridgehead atoms. The fraction of sp³-hybridized carbons (Fsp3) is 0.897. The number of allylic oxidation sites excluding steroid dienone is 2. The maximum Gasteiger partial charge on any atom is 0.310 e. The van der Waals surface area contributed by atoms with Gasteiger partial charge in [0.2, 0.25) is 0 Å². The summed E-state index contributed by atoms with van der Waals surface area (Å²) in [4.78, 5) is 12.7. The van der Waals surface area contributed by atoms with Gasteiger partial charge >= 0.3 is 5.97 Å². The predicted octanol–water partition coefficient (Wildman–Crippen LogP) is 5.82. The molecule has 0 aromatic carbocycles. The molecule has 0 spiro atoms. The second kappa shape index (κ2) is 7.32. The third kappa shape index (κ3) is 2.74. The lowest BCUT2D eigenvalue weighted by Crippen LogP contribution is -2.66. The van der Waals surface area contributed by atoms with Gasteiger partial charge in [-0.05, 0) is 91.3 Å². The number of fused-ring (bicyclic) bond motifs is 7. The highest BCUT2D eigenvalue weighted by Crippen LogP contribution is 2.75. The lowest BCUT2D eigenvalue weighted by atomic mass is 9.33. The van der Waals surface area contributed by atoms with Gasteiger partial charge in [-0.25, -0.2) is 0 Å². The number of hydrogen-bond donors (Lipinski definition) is 3. The van der Waals surface area contributed by atoms with Gasteiger partial charge in [0.05, 0.1) is 18.1 Å². The third-order valence-corrected chi connectivity index (χ3v) is 12.9. The molecule has 5 aliphatic carbocycles. The average molecular weight is 459 g/mol. The lowest BCUT2D eigenvalue weighted by molar-refractivity contribution is -0.216. The molecule has 4 nitrogen and oxygen atoms in total. The Morgan fingerprint density at radius 3 is 2.39 bits per heavy atom. The van der Waals surface area contributed by atoms with Crippen LogP contribution in [0.3, 0.4) is 0 Å². The fourth-order valence-corrected chi connectivity index (χ4v) is 10.8. The monoisotopic (exact) mass is 458 g/mol. The molecule has 186 valence electrons. The van der Waals surface area contributed by atoms with Gasteiger partial charge in [-0.3, -0.25) is 4.79 Å². The second-order valence-corrected chi connectivity index (χ2v) is 13.8. The van der Waals surface area contributed by atoms with Crippen molar-refractivity contribution in [2.24, 2.45) is 50.7 Å². The van der Waals surface area contributed by atoms with Crippen molar-refractivity contribution in [3.05, 3.63) is 11.6 Å². The molecule has 4 heteroatoms. The Bertz CT molecular complexity index is 866. The van der Waals surface area contributed by atoms with Crippen LogP contribution in [0.15, 0.2) is 11.6 Å². The normalized spacial score (nSPS) is 56.0. The van der Waals surface area contributed by atoms with E-state index >= 15 is 0 Å². The highest BCUT2D eigenvalue weighted by Gasteiger charge is 2.69. The minimum absolute atomic E-state index is 0.0325. The number of aliphatic carboxylic acids is 1. The number of aliphatic hydroxyl groups excluding tert-OH is 2. The average Bonchev–Trinajstić information content (AvgIpc) is 2.77. The minimum atomic E-state index is -0.572. The number of aliphatic hydroxyl groups is 2. The summed E-state index contributed by atoms with van der Waals surface area (Å²) in [6.45, 7) is 11.9. The number of carboxylic acids is 1. The summed E-state index contributed by atoms with van der Waals surface area (Å²) < 4.78 is 0.